The fourth-order valence-electron chi connectivity index (χ4n) is 3.75. The van der Waals surface area contributed by atoms with Gasteiger partial charge in [0.25, 0.3) is 0 Å². The molecule has 2 amide bonds. The van der Waals surface area contributed by atoms with E-state index in [1.54, 1.807) is 6.20 Å². The number of carbonyl (C=O) groups excluding carboxylic acids is 2. The molecule has 2 aliphatic heterocycles. The van der Waals surface area contributed by atoms with Crippen LogP contribution in [0.4, 0.5) is 5.82 Å². The van der Waals surface area contributed by atoms with E-state index in [9.17, 15) is 9.59 Å². The van der Waals surface area contributed by atoms with Crippen LogP contribution < -0.4 is 10.2 Å². The predicted octanol–water partition coefficient (Wildman–Crippen LogP) is 0.578. The number of rotatable bonds is 5. The van der Waals surface area contributed by atoms with Gasteiger partial charge in [-0.05, 0) is 38.4 Å². The van der Waals surface area contributed by atoms with Gasteiger partial charge in [0.2, 0.25) is 11.8 Å². The van der Waals surface area contributed by atoms with Crippen LogP contribution in [0.2, 0.25) is 0 Å². The number of anilines is 1. The first-order valence-corrected chi connectivity index (χ1v) is 9.61. The van der Waals surface area contributed by atoms with Crippen LogP contribution >= 0.6 is 0 Å². The van der Waals surface area contributed by atoms with Crippen LogP contribution in [0.15, 0.2) is 24.4 Å². The molecule has 2 saturated heterocycles. The summed E-state index contributed by atoms with van der Waals surface area (Å²) in [4.78, 5) is 35.4. The molecule has 1 N–H and O–H groups in total. The van der Waals surface area contributed by atoms with Gasteiger partial charge in [-0.25, -0.2) is 4.98 Å². The minimum Gasteiger partial charge on any atom is -0.356 e. The Balaban J connectivity index is 1.46. The average molecular weight is 359 g/mol. The summed E-state index contributed by atoms with van der Waals surface area (Å²) in [6.07, 6.45) is 3.69. The topological polar surface area (TPSA) is 68.8 Å². The number of nitrogens with zero attached hydrogens (tertiary/aromatic N) is 4. The summed E-state index contributed by atoms with van der Waals surface area (Å²) >= 11 is 0. The Kier molecular flexibility index (Phi) is 6.44. The number of piperazine rings is 1. The Hall–Kier alpha value is -2.15. The molecule has 7 heteroatoms. The van der Waals surface area contributed by atoms with Crippen molar-refractivity contribution in [3.63, 3.8) is 0 Å². The van der Waals surface area contributed by atoms with Crippen LogP contribution in [-0.4, -0.2) is 79.0 Å². The largest absolute Gasteiger partial charge is 0.356 e. The lowest BCUT2D eigenvalue weighted by atomic mass is 9.97. The molecule has 0 aliphatic carbocycles. The molecule has 0 radical (unpaired) electrons. The fraction of sp³-hybridized carbons (Fsp3) is 0.632. The first-order valence-electron chi connectivity index (χ1n) is 9.61. The Morgan fingerprint density at radius 3 is 2.69 bits per heavy atom. The summed E-state index contributed by atoms with van der Waals surface area (Å²) in [5, 5.41) is 2.90. The van der Waals surface area contributed by atoms with E-state index in [-0.39, 0.29) is 17.7 Å². The third-order valence-corrected chi connectivity index (χ3v) is 5.19. The molecular weight excluding hydrogens is 330 g/mol. The molecule has 0 bridgehead atoms. The number of pyridine rings is 1. The lowest BCUT2D eigenvalue weighted by Gasteiger charge is -2.37. The highest BCUT2D eigenvalue weighted by Crippen LogP contribution is 2.17. The fourth-order valence-corrected chi connectivity index (χ4v) is 3.75. The van der Waals surface area contributed by atoms with E-state index in [4.69, 9.17) is 0 Å². The molecule has 2 aliphatic rings. The number of likely N-dealkylation sites (tertiary alicyclic amines) is 1. The summed E-state index contributed by atoms with van der Waals surface area (Å²) in [7, 11) is 0. The van der Waals surface area contributed by atoms with Gasteiger partial charge < -0.3 is 15.1 Å². The van der Waals surface area contributed by atoms with Gasteiger partial charge >= 0.3 is 0 Å². The zero-order valence-electron chi connectivity index (χ0n) is 15.6. The predicted molar refractivity (Wildman–Crippen MR) is 101 cm³/mol. The maximum Gasteiger partial charge on any atom is 0.236 e. The summed E-state index contributed by atoms with van der Waals surface area (Å²) in [6, 6.07) is 5.91. The number of carbonyl (C=O) groups is 2. The minimum atomic E-state index is 0.0116. The molecule has 142 valence electrons. The Morgan fingerprint density at radius 1 is 1.19 bits per heavy atom. The van der Waals surface area contributed by atoms with Crippen LogP contribution in [0.25, 0.3) is 0 Å². The van der Waals surface area contributed by atoms with Crippen LogP contribution in [0.1, 0.15) is 19.8 Å². The molecule has 0 spiro atoms. The van der Waals surface area contributed by atoms with Crippen LogP contribution in [0, 0.1) is 5.92 Å². The second-order valence-corrected chi connectivity index (χ2v) is 7.02. The van der Waals surface area contributed by atoms with E-state index < -0.39 is 0 Å². The van der Waals surface area contributed by atoms with Crippen LogP contribution in [0.5, 0.6) is 0 Å². The van der Waals surface area contributed by atoms with Crippen molar-refractivity contribution >= 4 is 17.6 Å². The van der Waals surface area contributed by atoms with Crippen molar-refractivity contribution in [1.82, 2.24) is 20.1 Å². The first-order chi connectivity index (χ1) is 12.7. The van der Waals surface area contributed by atoms with Crippen molar-refractivity contribution in [3.05, 3.63) is 24.4 Å². The molecule has 26 heavy (non-hydrogen) atoms. The van der Waals surface area contributed by atoms with Crippen LogP contribution in [-0.2, 0) is 9.59 Å². The standard InChI is InChI=1S/C19H29N5O2/c1-2-20-19(26)16-6-5-9-22(14-16)15-18(25)24-12-10-23(11-13-24)17-7-3-4-8-21-17/h3-4,7-8,16H,2,5-6,9-15H2,1H3,(H,20,26). The number of hydrogen-bond donors (Lipinski definition) is 1. The van der Waals surface area contributed by atoms with Gasteiger partial charge in [0.05, 0.1) is 12.5 Å². The molecule has 7 nitrogen and oxygen atoms in total. The Bertz CT molecular complexity index is 601. The molecule has 3 rings (SSSR count). The third kappa shape index (κ3) is 4.72. The smallest absolute Gasteiger partial charge is 0.236 e. The van der Waals surface area contributed by atoms with E-state index in [2.05, 4.69) is 20.1 Å². The van der Waals surface area contributed by atoms with Gasteiger partial charge in [-0.3, -0.25) is 14.5 Å². The average Bonchev–Trinajstić information content (AvgIpc) is 2.69. The first kappa shape index (κ1) is 18.6. The molecule has 2 fully saturated rings. The number of amides is 2. The SMILES string of the molecule is CCNC(=O)C1CCCN(CC(=O)N2CCN(c3ccccn3)CC2)C1. The number of aromatic nitrogens is 1. The van der Waals surface area contributed by atoms with Crippen molar-refractivity contribution in [3.8, 4) is 0 Å². The zero-order valence-corrected chi connectivity index (χ0v) is 15.6. The van der Waals surface area contributed by atoms with Gasteiger partial charge in [0.1, 0.15) is 5.82 Å². The van der Waals surface area contributed by atoms with Crippen LogP contribution in [0.3, 0.4) is 0 Å². The van der Waals surface area contributed by atoms with E-state index >= 15 is 0 Å². The second-order valence-electron chi connectivity index (χ2n) is 7.02. The highest BCUT2D eigenvalue weighted by atomic mass is 16.2. The summed E-state index contributed by atoms with van der Waals surface area (Å²) in [5.74, 6) is 1.27. The summed E-state index contributed by atoms with van der Waals surface area (Å²) in [6.45, 7) is 7.67. The molecule has 1 unspecified atom stereocenters. The van der Waals surface area contributed by atoms with Crippen molar-refractivity contribution in [2.24, 2.45) is 5.92 Å². The lowest BCUT2D eigenvalue weighted by molar-refractivity contribution is -0.134. The van der Waals surface area contributed by atoms with Gasteiger partial charge in [-0.15, -0.1) is 0 Å². The van der Waals surface area contributed by atoms with Gasteiger partial charge in [0, 0.05) is 45.5 Å². The Morgan fingerprint density at radius 2 is 2.00 bits per heavy atom. The zero-order chi connectivity index (χ0) is 18.4. The van der Waals surface area contributed by atoms with Gasteiger partial charge in [0.15, 0.2) is 0 Å². The van der Waals surface area contributed by atoms with Gasteiger partial charge in [-0.2, -0.15) is 0 Å². The number of nitrogens with one attached hydrogen (secondary N) is 1. The van der Waals surface area contributed by atoms with E-state index in [1.807, 2.05) is 30.0 Å². The maximum atomic E-state index is 12.7. The molecule has 3 heterocycles. The molecular formula is C19H29N5O2. The Labute approximate surface area is 155 Å². The molecule has 1 aromatic heterocycles. The van der Waals surface area contributed by atoms with Crippen molar-refractivity contribution in [1.29, 1.82) is 0 Å². The normalized spacial score (nSPS) is 21.5. The molecule has 0 aromatic carbocycles. The quantitative estimate of drug-likeness (QED) is 0.833. The van der Waals surface area contributed by atoms with Crippen molar-refractivity contribution in [2.45, 2.75) is 19.8 Å². The molecule has 0 saturated carbocycles. The lowest BCUT2D eigenvalue weighted by Crippen LogP contribution is -2.53. The monoisotopic (exact) mass is 359 g/mol. The highest BCUT2D eigenvalue weighted by Gasteiger charge is 2.28. The van der Waals surface area contributed by atoms with E-state index in [0.717, 1.165) is 51.4 Å². The highest BCUT2D eigenvalue weighted by molar-refractivity contribution is 5.80. The second kappa shape index (κ2) is 8.98. The van der Waals surface area contributed by atoms with Crippen molar-refractivity contribution < 1.29 is 9.59 Å². The maximum absolute atomic E-state index is 12.7. The molecule has 1 atom stereocenters. The van der Waals surface area contributed by atoms with E-state index in [1.165, 1.54) is 0 Å². The van der Waals surface area contributed by atoms with Crippen molar-refractivity contribution in [2.75, 3.05) is 57.3 Å². The number of hydrogen-bond acceptors (Lipinski definition) is 5. The molecule has 1 aromatic rings. The van der Waals surface area contributed by atoms with Gasteiger partial charge in [-0.1, -0.05) is 6.07 Å². The van der Waals surface area contributed by atoms with E-state index in [0.29, 0.717) is 19.6 Å². The summed E-state index contributed by atoms with van der Waals surface area (Å²) < 4.78 is 0. The summed E-state index contributed by atoms with van der Waals surface area (Å²) in [5.41, 5.74) is 0. The minimum absolute atomic E-state index is 0.0116. The third-order valence-electron chi connectivity index (χ3n) is 5.19. The number of piperidine rings is 1.